The predicted molar refractivity (Wildman–Crippen MR) is 65.2 cm³/mol. The first-order valence-corrected chi connectivity index (χ1v) is 5.34. The maximum absolute atomic E-state index is 11.9. The summed E-state index contributed by atoms with van der Waals surface area (Å²) in [6, 6.07) is 5.68. The van der Waals surface area contributed by atoms with Gasteiger partial charge < -0.3 is 0 Å². The molecule has 0 unspecified atom stereocenters. The number of hydrogen-bond donors (Lipinski definition) is 1. The smallest absolute Gasteiger partial charge is 0.278 e. The fourth-order valence-corrected chi connectivity index (χ4v) is 1.62. The molecule has 0 aliphatic rings. The van der Waals surface area contributed by atoms with Gasteiger partial charge in [-0.05, 0) is 12.1 Å². The lowest BCUT2D eigenvalue weighted by Gasteiger charge is -2.02. The van der Waals surface area contributed by atoms with E-state index in [0.717, 1.165) is 5.52 Å². The summed E-state index contributed by atoms with van der Waals surface area (Å²) in [5.74, 6) is 0.126. The average Bonchev–Trinajstić information content (AvgIpc) is 2.83. The van der Waals surface area contributed by atoms with Gasteiger partial charge in [-0.1, -0.05) is 6.07 Å². The van der Waals surface area contributed by atoms with Crippen molar-refractivity contribution in [1.29, 1.82) is 0 Å². The molecule has 0 aliphatic heterocycles. The minimum absolute atomic E-state index is 0.255. The Kier molecular flexibility index (Phi) is 2.45. The fraction of sp³-hybridized carbons (Fsp3) is 0. The summed E-state index contributed by atoms with van der Waals surface area (Å²) < 4.78 is 1.79. The zero-order valence-corrected chi connectivity index (χ0v) is 9.32. The van der Waals surface area contributed by atoms with Crippen LogP contribution in [-0.4, -0.2) is 25.3 Å². The monoisotopic (exact) mass is 239 g/mol. The largest absolute Gasteiger partial charge is 0.290 e. The van der Waals surface area contributed by atoms with Crippen LogP contribution in [0.2, 0.25) is 0 Å². The van der Waals surface area contributed by atoms with E-state index in [1.54, 1.807) is 10.6 Å². The number of hydrogen-bond acceptors (Lipinski definition) is 4. The number of carbonyl (C=O) groups excluding carboxylic acids is 1. The minimum atomic E-state index is -0.334. The van der Waals surface area contributed by atoms with Crippen LogP contribution in [0, 0.1) is 0 Å². The van der Waals surface area contributed by atoms with Gasteiger partial charge in [0.15, 0.2) is 0 Å². The summed E-state index contributed by atoms with van der Waals surface area (Å²) in [5.41, 5.74) is 1.16. The lowest BCUT2D eigenvalue weighted by molar-refractivity contribution is 0.102. The quantitative estimate of drug-likeness (QED) is 0.733. The van der Waals surface area contributed by atoms with Gasteiger partial charge in [-0.15, -0.1) is 0 Å². The molecule has 0 aliphatic carbocycles. The summed E-state index contributed by atoms with van der Waals surface area (Å²) >= 11 is 0. The van der Waals surface area contributed by atoms with E-state index in [4.69, 9.17) is 0 Å². The number of imidazole rings is 1. The number of carbonyl (C=O) groups is 1. The average molecular weight is 239 g/mol. The number of rotatable bonds is 2. The molecule has 6 nitrogen and oxygen atoms in total. The molecule has 3 heterocycles. The van der Waals surface area contributed by atoms with Crippen LogP contribution in [0.25, 0.3) is 5.52 Å². The van der Waals surface area contributed by atoms with Gasteiger partial charge in [-0.3, -0.25) is 19.5 Å². The Morgan fingerprint density at radius 3 is 2.94 bits per heavy atom. The van der Waals surface area contributed by atoms with E-state index in [-0.39, 0.29) is 11.6 Å². The first kappa shape index (κ1) is 10.4. The summed E-state index contributed by atoms with van der Waals surface area (Å²) in [6.45, 7) is 0. The standard InChI is InChI=1S/C12H9N5O/c18-11(10-8-13-4-5-14-10)16-12-15-7-9-3-1-2-6-17(9)12/h1-8H,(H,15,16,18). The second kappa shape index (κ2) is 4.25. The molecule has 0 aromatic carbocycles. The Balaban J connectivity index is 1.91. The highest BCUT2D eigenvalue weighted by molar-refractivity contribution is 6.01. The first-order chi connectivity index (χ1) is 8.84. The van der Waals surface area contributed by atoms with Gasteiger partial charge in [0.25, 0.3) is 5.91 Å². The highest BCUT2D eigenvalue weighted by Crippen LogP contribution is 2.11. The van der Waals surface area contributed by atoms with Crippen molar-refractivity contribution in [2.45, 2.75) is 0 Å². The number of amides is 1. The molecule has 0 atom stereocenters. The highest BCUT2D eigenvalue weighted by Gasteiger charge is 2.10. The van der Waals surface area contributed by atoms with E-state index < -0.39 is 0 Å². The van der Waals surface area contributed by atoms with Crippen LogP contribution in [0.4, 0.5) is 5.95 Å². The molecule has 0 radical (unpaired) electrons. The van der Waals surface area contributed by atoms with Crippen molar-refractivity contribution >= 4 is 17.4 Å². The molecule has 1 N–H and O–H groups in total. The van der Waals surface area contributed by atoms with Crippen molar-refractivity contribution in [3.05, 3.63) is 54.9 Å². The third kappa shape index (κ3) is 1.80. The Hall–Kier alpha value is -2.76. The molecule has 0 bridgehead atoms. The third-order valence-corrected chi connectivity index (χ3v) is 2.46. The topological polar surface area (TPSA) is 72.2 Å². The molecule has 0 spiro atoms. The molecule has 0 saturated carbocycles. The molecule has 0 saturated heterocycles. The maximum Gasteiger partial charge on any atom is 0.278 e. The van der Waals surface area contributed by atoms with Gasteiger partial charge in [-0.25, -0.2) is 9.97 Å². The van der Waals surface area contributed by atoms with Crippen LogP contribution in [0.1, 0.15) is 10.5 Å². The number of fused-ring (bicyclic) bond motifs is 1. The van der Waals surface area contributed by atoms with E-state index in [2.05, 4.69) is 20.3 Å². The van der Waals surface area contributed by atoms with Crippen molar-refractivity contribution < 1.29 is 4.79 Å². The van der Waals surface area contributed by atoms with Crippen molar-refractivity contribution in [3.8, 4) is 0 Å². The van der Waals surface area contributed by atoms with E-state index in [1.165, 1.54) is 18.6 Å². The van der Waals surface area contributed by atoms with Crippen molar-refractivity contribution in [2.24, 2.45) is 0 Å². The van der Waals surface area contributed by atoms with E-state index in [0.29, 0.717) is 5.95 Å². The summed E-state index contributed by atoms with van der Waals surface area (Å²) in [6.07, 6.45) is 7.91. The number of pyridine rings is 1. The van der Waals surface area contributed by atoms with Gasteiger partial charge in [0.2, 0.25) is 5.95 Å². The molecule has 3 aromatic rings. The number of aromatic nitrogens is 4. The lowest BCUT2D eigenvalue weighted by Crippen LogP contribution is -2.15. The summed E-state index contributed by atoms with van der Waals surface area (Å²) in [7, 11) is 0. The zero-order chi connectivity index (χ0) is 12.4. The van der Waals surface area contributed by atoms with Crippen LogP contribution < -0.4 is 5.32 Å². The molecular weight excluding hydrogens is 230 g/mol. The number of anilines is 1. The third-order valence-electron chi connectivity index (χ3n) is 2.46. The Bertz CT molecular complexity index is 692. The first-order valence-electron chi connectivity index (χ1n) is 5.34. The minimum Gasteiger partial charge on any atom is -0.290 e. The normalized spacial score (nSPS) is 10.4. The number of nitrogens with one attached hydrogen (secondary N) is 1. The molecule has 0 fully saturated rings. The van der Waals surface area contributed by atoms with Gasteiger partial charge >= 0.3 is 0 Å². The second-order valence-electron chi connectivity index (χ2n) is 3.62. The molecule has 1 amide bonds. The van der Waals surface area contributed by atoms with Gasteiger partial charge in [-0.2, -0.15) is 0 Å². The predicted octanol–water partition coefficient (Wildman–Crippen LogP) is 1.38. The van der Waals surface area contributed by atoms with Crippen molar-refractivity contribution in [2.75, 3.05) is 5.32 Å². The molecule has 6 heteroatoms. The van der Waals surface area contributed by atoms with Gasteiger partial charge in [0, 0.05) is 18.6 Å². The zero-order valence-electron chi connectivity index (χ0n) is 9.32. The fourth-order valence-electron chi connectivity index (χ4n) is 1.62. The van der Waals surface area contributed by atoms with Gasteiger partial charge in [0.1, 0.15) is 5.69 Å². The van der Waals surface area contributed by atoms with Crippen LogP contribution in [0.3, 0.4) is 0 Å². The highest BCUT2D eigenvalue weighted by atomic mass is 16.2. The Morgan fingerprint density at radius 2 is 2.11 bits per heavy atom. The van der Waals surface area contributed by atoms with Crippen LogP contribution in [0.5, 0.6) is 0 Å². The SMILES string of the molecule is O=C(Nc1ncc2ccccn12)c1cnccn1. The van der Waals surface area contributed by atoms with Crippen LogP contribution in [0.15, 0.2) is 49.2 Å². The number of nitrogens with zero attached hydrogens (tertiary/aromatic N) is 4. The second-order valence-corrected chi connectivity index (χ2v) is 3.62. The Labute approximate surface area is 102 Å². The molecule has 3 aromatic heterocycles. The van der Waals surface area contributed by atoms with Gasteiger partial charge in [0.05, 0.1) is 17.9 Å². The lowest BCUT2D eigenvalue weighted by atomic mass is 10.4. The van der Waals surface area contributed by atoms with Crippen molar-refractivity contribution in [1.82, 2.24) is 19.4 Å². The molecule has 3 rings (SSSR count). The van der Waals surface area contributed by atoms with E-state index in [9.17, 15) is 4.79 Å². The van der Waals surface area contributed by atoms with E-state index in [1.807, 2.05) is 24.4 Å². The van der Waals surface area contributed by atoms with E-state index >= 15 is 0 Å². The summed E-state index contributed by atoms with van der Waals surface area (Å²) in [5, 5.41) is 2.69. The summed E-state index contributed by atoms with van der Waals surface area (Å²) in [4.78, 5) is 23.8. The van der Waals surface area contributed by atoms with Crippen molar-refractivity contribution in [3.63, 3.8) is 0 Å². The molecule has 18 heavy (non-hydrogen) atoms. The molecular formula is C12H9N5O. The molecule has 88 valence electrons. The van der Waals surface area contributed by atoms with Crippen LogP contribution >= 0.6 is 0 Å². The maximum atomic E-state index is 11.9. The Morgan fingerprint density at radius 1 is 1.17 bits per heavy atom. The van der Waals surface area contributed by atoms with Crippen LogP contribution in [-0.2, 0) is 0 Å².